The van der Waals surface area contributed by atoms with Gasteiger partial charge in [-0.25, -0.2) is 5.01 Å². The van der Waals surface area contributed by atoms with Gasteiger partial charge in [-0.1, -0.05) is 35.5 Å². The molecule has 3 aromatic heterocycles. The lowest BCUT2D eigenvalue weighted by molar-refractivity contribution is -0.152. The van der Waals surface area contributed by atoms with Crippen LogP contribution in [0.15, 0.2) is 35.5 Å². The van der Waals surface area contributed by atoms with E-state index in [1.165, 1.54) is 27.9 Å². The van der Waals surface area contributed by atoms with E-state index in [0.29, 0.717) is 46.7 Å². The minimum atomic E-state index is -0.288. The van der Waals surface area contributed by atoms with E-state index in [9.17, 15) is 9.59 Å². The molecular formula is C21H20ClN9O2S. The van der Waals surface area contributed by atoms with Crippen molar-refractivity contribution in [3.63, 3.8) is 0 Å². The van der Waals surface area contributed by atoms with Crippen LogP contribution in [0.4, 0.5) is 0 Å². The molecule has 34 heavy (non-hydrogen) atoms. The lowest BCUT2D eigenvalue weighted by atomic mass is 10.2. The summed E-state index contributed by atoms with van der Waals surface area (Å²) in [4.78, 5) is 25.9. The molecule has 1 aliphatic rings. The van der Waals surface area contributed by atoms with Crippen molar-refractivity contribution in [1.29, 1.82) is 0 Å². The van der Waals surface area contributed by atoms with Gasteiger partial charge in [0.2, 0.25) is 0 Å². The Morgan fingerprint density at radius 1 is 1.12 bits per heavy atom. The minimum Gasteiger partial charge on any atom is -0.272 e. The molecular weight excluding hydrogens is 478 g/mol. The topological polar surface area (TPSA) is 114 Å². The fraction of sp³-hybridized carbons (Fsp3) is 0.286. The number of carbonyl (C=O) groups excluding carboxylic acids is 2. The van der Waals surface area contributed by atoms with Gasteiger partial charge in [-0.05, 0) is 31.6 Å². The monoisotopic (exact) mass is 497 g/mol. The van der Waals surface area contributed by atoms with Gasteiger partial charge in [0, 0.05) is 31.8 Å². The molecule has 174 valence electrons. The first-order valence-corrected chi connectivity index (χ1v) is 11.9. The number of nitrogens with zero attached hydrogens (tertiary/aromatic N) is 9. The lowest BCUT2D eigenvalue weighted by Gasteiger charge is -2.26. The molecule has 5 rings (SSSR count). The van der Waals surface area contributed by atoms with Crippen molar-refractivity contribution in [3.8, 4) is 0 Å². The van der Waals surface area contributed by atoms with E-state index in [0.717, 1.165) is 11.2 Å². The summed E-state index contributed by atoms with van der Waals surface area (Å²) in [6, 6.07) is 7.52. The van der Waals surface area contributed by atoms with Crippen LogP contribution >= 0.6 is 23.4 Å². The van der Waals surface area contributed by atoms with Crippen LogP contribution in [-0.4, -0.2) is 75.3 Å². The van der Waals surface area contributed by atoms with E-state index in [4.69, 9.17) is 11.6 Å². The zero-order chi connectivity index (χ0) is 23.8. The number of fused-ring (bicyclic) bond motifs is 3. The molecule has 1 aromatic carbocycles. The number of aromatic nitrogens is 7. The Labute approximate surface area is 203 Å². The van der Waals surface area contributed by atoms with Crippen LogP contribution in [0, 0.1) is 6.92 Å². The zero-order valence-electron chi connectivity index (χ0n) is 18.4. The smallest absolute Gasteiger partial charge is 0.272 e. The summed E-state index contributed by atoms with van der Waals surface area (Å²) in [5.41, 5.74) is 2.91. The van der Waals surface area contributed by atoms with Gasteiger partial charge in [0.05, 0.1) is 17.0 Å². The van der Waals surface area contributed by atoms with Crippen molar-refractivity contribution in [2.45, 2.75) is 18.5 Å². The van der Waals surface area contributed by atoms with E-state index in [2.05, 4.69) is 25.5 Å². The molecule has 4 aromatic rings. The fourth-order valence-corrected chi connectivity index (χ4v) is 4.89. The van der Waals surface area contributed by atoms with Gasteiger partial charge >= 0.3 is 0 Å². The van der Waals surface area contributed by atoms with Gasteiger partial charge in [0.25, 0.3) is 17.6 Å². The standard InChI is InChI=1S/C21H20ClN9O2S/c1-13-14(19(22)28(2)27-13)8-9-17(32)29-10-5-11-30(29)18(33)12-34-21-26-25-20-24-23-15-6-3-4-7-16(15)31(20)21/h3-4,6-9H,5,10-12H2,1-2H3. The first kappa shape index (κ1) is 22.3. The van der Waals surface area contributed by atoms with Crippen molar-refractivity contribution in [2.24, 2.45) is 7.05 Å². The minimum absolute atomic E-state index is 0.0957. The zero-order valence-corrected chi connectivity index (χ0v) is 20.0. The Hall–Kier alpha value is -3.51. The molecule has 1 aliphatic heterocycles. The first-order valence-electron chi connectivity index (χ1n) is 10.5. The van der Waals surface area contributed by atoms with E-state index in [1.54, 1.807) is 22.2 Å². The normalized spacial score (nSPS) is 14.2. The molecule has 11 nitrogen and oxygen atoms in total. The van der Waals surface area contributed by atoms with Gasteiger partial charge < -0.3 is 0 Å². The molecule has 13 heteroatoms. The first-order chi connectivity index (χ1) is 16.4. The Kier molecular flexibility index (Phi) is 5.92. The summed E-state index contributed by atoms with van der Waals surface area (Å²) in [6.45, 7) is 2.76. The van der Waals surface area contributed by atoms with Crippen molar-refractivity contribution in [1.82, 2.24) is 44.6 Å². The predicted octanol–water partition coefficient (Wildman–Crippen LogP) is 2.15. The van der Waals surface area contributed by atoms with Crippen molar-refractivity contribution in [3.05, 3.63) is 46.8 Å². The largest absolute Gasteiger partial charge is 0.275 e. The summed E-state index contributed by atoms with van der Waals surface area (Å²) in [7, 11) is 1.74. The number of carbonyl (C=O) groups is 2. The molecule has 0 spiro atoms. The van der Waals surface area contributed by atoms with Crippen LogP contribution < -0.4 is 0 Å². The molecule has 2 amide bonds. The van der Waals surface area contributed by atoms with E-state index in [1.807, 2.05) is 31.2 Å². The number of amides is 2. The van der Waals surface area contributed by atoms with E-state index < -0.39 is 0 Å². The van der Waals surface area contributed by atoms with Crippen LogP contribution in [0.25, 0.3) is 22.9 Å². The molecule has 0 N–H and O–H groups in total. The van der Waals surface area contributed by atoms with Crippen LogP contribution in [0.1, 0.15) is 17.7 Å². The summed E-state index contributed by atoms with van der Waals surface area (Å²) in [5.74, 6) is -0.0215. The van der Waals surface area contributed by atoms with Crippen molar-refractivity contribution >= 4 is 58.1 Å². The summed E-state index contributed by atoms with van der Waals surface area (Å²) < 4.78 is 3.32. The number of rotatable bonds is 5. The highest BCUT2D eigenvalue weighted by molar-refractivity contribution is 7.99. The number of hydrogen-bond donors (Lipinski definition) is 0. The Morgan fingerprint density at radius 3 is 2.68 bits per heavy atom. The quantitative estimate of drug-likeness (QED) is 0.304. The molecule has 1 saturated heterocycles. The molecule has 0 bridgehead atoms. The molecule has 0 saturated carbocycles. The number of aryl methyl sites for hydroxylation is 2. The van der Waals surface area contributed by atoms with Gasteiger partial charge in [-0.15, -0.1) is 20.4 Å². The maximum atomic E-state index is 13.0. The van der Waals surface area contributed by atoms with Gasteiger partial charge in [0.1, 0.15) is 10.7 Å². The molecule has 0 unspecified atom stereocenters. The molecule has 1 fully saturated rings. The third-order valence-corrected chi connectivity index (χ3v) is 6.84. The number of thioether (sulfide) groups is 1. The number of hydrogen-bond acceptors (Lipinski definition) is 8. The predicted molar refractivity (Wildman–Crippen MR) is 127 cm³/mol. The van der Waals surface area contributed by atoms with Crippen LogP contribution in [0.5, 0.6) is 0 Å². The fourth-order valence-electron chi connectivity index (χ4n) is 3.85. The second-order valence-corrected chi connectivity index (χ2v) is 8.97. The number of halogens is 1. The molecule has 0 radical (unpaired) electrons. The maximum absolute atomic E-state index is 13.0. The number of hydrazine groups is 1. The second kappa shape index (κ2) is 9.03. The highest BCUT2D eigenvalue weighted by Gasteiger charge is 2.30. The van der Waals surface area contributed by atoms with Gasteiger partial charge in [-0.2, -0.15) is 5.10 Å². The Balaban J connectivity index is 1.30. The summed E-state index contributed by atoms with van der Waals surface area (Å²) >= 11 is 7.48. The van der Waals surface area contributed by atoms with Crippen molar-refractivity contribution < 1.29 is 9.59 Å². The number of para-hydroxylation sites is 1. The van der Waals surface area contributed by atoms with Crippen LogP contribution in [0.3, 0.4) is 0 Å². The summed E-state index contributed by atoms with van der Waals surface area (Å²) in [5, 5.41) is 24.6. The van der Waals surface area contributed by atoms with Gasteiger partial charge in [0.15, 0.2) is 5.16 Å². The maximum Gasteiger partial charge on any atom is 0.275 e. The molecule has 0 aliphatic carbocycles. The summed E-state index contributed by atoms with van der Waals surface area (Å²) in [6.07, 6.45) is 3.76. The second-order valence-electron chi connectivity index (χ2n) is 7.67. The molecule has 4 heterocycles. The SMILES string of the molecule is Cc1nn(C)c(Cl)c1C=CC(=O)N1CCCN1C(=O)CSc1nnc2nnc3ccccc3n12. The lowest BCUT2D eigenvalue weighted by Crippen LogP contribution is -2.45. The average molecular weight is 498 g/mol. The van der Waals surface area contributed by atoms with E-state index in [-0.39, 0.29) is 17.6 Å². The third-order valence-electron chi connectivity index (χ3n) is 5.47. The Morgan fingerprint density at radius 2 is 1.88 bits per heavy atom. The molecule has 0 atom stereocenters. The van der Waals surface area contributed by atoms with Crippen molar-refractivity contribution in [2.75, 3.05) is 18.8 Å². The average Bonchev–Trinajstić information content (AvgIpc) is 3.55. The Bertz CT molecular complexity index is 1450. The number of benzene rings is 1. The highest BCUT2D eigenvalue weighted by atomic mass is 35.5. The van der Waals surface area contributed by atoms with E-state index >= 15 is 0 Å². The van der Waals surface area contributed by atoms with Crippen LogP contribution in [0.2, 0.25) is 5.15 Å². The highest BCUT2D eigenvalue weighted by Crippen LogP contribution is 2.23. The van der Waals surface area contributed by atoms with Gasteiger partial charge in [-0.3, -0.25) is 23.7 Å². The third kappa shape index (κ3) is 3.99. The van der Waals surface area contributed by atoms with Crippen LogP contribution in [-0.2, 0) is 16.6 Å².